The molecule has 0 saturated carbocycles. The lowest BCUT2D eigenvalue weighted by Crippen LogP contribution is -2.38. The molecule has 6 nitrogen and oxygen atoms in total. The molecule has 0 radical (unpaired) electrons. The van der Waals surface area contributed by atoms with Crippen molar-refractivity contribution >= 4 is 22.6 Å². The van der Waals surface area contributed by atoms with Crippen LogP contribution in [0.25, 0.3) is 10.8 Å². The Bertz CT molecular complexity index is 733. The van der Waals surface area contributed by atoms with Crippen LogP contribution in [0, 0.1) is 5.92 Å². The summed E-state index contributed by atoms with van der Waals surface area (Å²) in [5.41, 5.74) is -0.180. The highest BCUT2D eigenvalue weighted by molar-refractivity contribution is 5.91. The van der Waals surface area contributed by atoms with E-state index >= 15 is 0 Å². The number of nitrogens with one attached hydrogen (secondary N) is 1. The standard InChI is InChI=1S/C16H19N3O3/c1-2-22-16(21)11-7-9-19(10-8-11)14-12-5-3-4-6-13(12)15(20)18-17-14/h3-6,11H,2,7-10H2,1H3,(H,18,20). The number of fused-ring (bicyclic) bond motifs is 1. The van der Waals surface area contributed by atoms with Crippen LogP contribution in [0.15, 0.2) is 29.1 Å². The number of esters is 1. The van der Waals surface area contributed by atoms with Crippen molar-refractivity contribution in [3.63, 3.8) is 0 Å². The van der Waals surface area contributed by atoms with Crippen molar-refractivity contribution in [2.45, 2.75) is 19.8 Å². The van der Waals surface area contributed by atoms with Gasteiger partial charge in [0.15, 0.2) is 5.82 Å². The van der Waals surface area contributed by atoms with Gasteiger partial charge in [-0.05, 0) is 25.8 Å². The molecule has 0 bridgehead atoms. The zero-order valence-corrected chi connectivity index (χ0v) is 12.5. The second kappa shape index (κ2) is 6.17. The number of nitrogens with zero attached hydrogens (tertiary/aromatic N) is 2. The van der Waals surface area contributed by atoms with Gasteiger partial charge in [-0.3, -0.25) is 9.59 Å². The molecule has 116 valence electrons. The van der Waals surface area contributed by atoms with Crippen LogP contribution in [0.1, 0.15) is 19.8 Å². The molecule has 1 N–H and O–H groups in total. The minimum atomic E-state index is -0.180. The van der Waals surface area contributed by atoms with Gasteiger partial charge in [0, 0.05) is 18.5 Å². The van der Waals surface area contributed by atoms with Gasteiger partial charge < -0.3 is 9.64 Å². The van der Waals surface area contributed by atoms with Crippen molar-refractivity contribution < 1.29 is 9.53 Å². The Morgan fingerprint density at radius 3 is 2.68 bits per heavy atom. The maximum Gasteiger partial charge on any atom is 0.309 e. The lowest BCUT2D eigenvalue weighted by atomic mass is 9.97. The van der Waals surface area contributed by atoms with Crippen LogP contribution >= 0.6 is 0 Å². The van der Waals surface area contributed by atoms with E-state index in [1.165, 1.54) is 0 Å². The summed E-state index contributed by atoms with van der Waals surface area (Å²) >= 11 is 0. The molecule has 2 aromatic rings. The van der Waals surface area contributed by atoms with E-state index in [4.69, 9.17) is 4.74 Å². The Kier molecular flexibility index (Phi) is 4.09. The Hall–Kier alpha value is -2.37. The number of anilines is 1. The topological polar surface area (TPSA) is 75.3 Å². The van der Waals surface area contributed by atoms with Crippen molar-refractivity contribution in [2.24, 2.45) is 5.92 Å². The number of piperidine rings is 1. The molecule has 0 unspecified atom stereocenters. The summed E-state index contributed by atoms with van der Waals surface area (Å²) < 4.78 is 5.09. The largest absolute Gasteiger partial charge is 0.466 e. The molecule has 1 saturated heterocycles. The highest BCUT2D eigenvalue weighted by atomic mass is 16.5. The molecule has 1 fully saturated rings. The van der Waals surface area contributed by atoms with E-state index in [2.05, 4.69) is 15.1 Å². The second-order valence-corrected chi connectivity index (χ2v) is 5.44. The summed E-state index contributed by atoms with van der Waals surface area (Å²) in [6.45, 7) is 3.70. The Morgan fingerprint density at radius 2 is 2.00 bits per heavy atom. The van der Waals surface area contributed by atoms with E-state index in [0.29, 0.717) is 12.0 Å². The van der Waals surface area contributed by atoms with Crippen molar-refractivity contribution in [1.29, 1.82) is 0 Å². The van der Waals surface area contributed by atoms with Gasteiger partial charge >= 0.3 is 5.97 Å². The first-order valence-corrected chi connectivity index (χ1v) is 7.59. The Labute approximate surface area is 128 Å². The monoisotopic (exact) mass is 301 g/mol. The Balaban J connectivity index is 1.81. The summed E-state index contributed by atoms with van der Waals surface area (Å²) in [6, 6.07) is 7.45. The third kappa shape index (κ3) is 2.68. The highest BCUT2D eigenvalue weighted by Crippen LogP contribution is 2.26. The average molecular weight is 301 g/mol. The molecule has 0 aliphatic carbocycles. The molecule has 1 aliphatic heterocycles. The average Bonchev–Trinajstić information content (AvgIpc) is 2.56. The first-order valence-electron chi connectivity index (χ1n) is 7.59. The number of aromatic nitrogens is 2. The number of carbonyl (C=O) groups excluding carboxylic acids is 1. The van der Waals surface area contributed by atoms with Gasteiger partial charge in [-0.15, -0.1) is 0 Å². The van der Waals surface area contributed by atoms with Crippen LogP contribution in [0.3, 0.4) is 0 Å². The molecule has 6 heteroatoms. The SMILES string of the molecule is CCOC(=O)C1CCN(c2n[nH]c(=O)c3ccccc23)CC1. The third-order valence-corrected chi connectivity index (χ3v) is 4.09. The molecule has 1 aliphatic rings. The molecule has 2 heterocycles. The molecule has 3 rings (SSSR count). The first-order chi connectivity index (χ1) is 10.7. The predicted molar refractivity (Wildman–Crippen MR) is 83.9 cm³/mol. The highest BCUT2D eigenvalue weighted by Gasteiger charge is 2.27. The number of ether oxygens (including phenoxy) is 1. The summed E-state index contributed by atoms with van der Waals surface area (Å²) in [6.07, 6.45) is 1.49. The zero-order valence-electron chi connectivity index (χ0n) is 12.5. The van der Waals surface area contributed by atoms with Gasteiger partial charge in [-0.25, -0.2) is 5.10 Å². The number of hydrogen-bond acceptors (Lipinski definition) is 5. The molecule has 1 aromatic carbocycles. The van der Waals surface area contributed by atoms with Crippen molar-refractivity contribution in [2.75, 3.05) is 24.6 Å². The summed E-state index contributed by atoms with van der Waals surface area (Å²) in [5, 5.41) is 8.25. The second-order valence-electron chi connectivity index (χ2n) is 5.44. The van der Waals surface area contributed by atoms with Crippen LogP contribution in [0.2, 0.25) is 0 Å². The molecule has 1 aromatic heterocycles. The fraction of sp³-hybridized carbons (Fsp3) is 0.438. The normalized spacial score (nSPS) is 16.0. The predicted octanol–water partition coefficient (Wildman–Crippen LogP) is 1.70. The van der Waals surface area contributed by atoms with E-state index < -0.39 is 0 Å². The van der Waals surface area contributed by atoms with E-state index in [9.17, 15) is 9.59 Å². The fourth-order valence-electron chi connectivity index (χ4n) is 2.93. The number of benzene rings is 1. The molecule has 0 amide bonds. The number of H-pyrrole nitrogens is 1. The van der Waals surface area contributed by atoms with E-state index in [-0.39, 0.29) is 17.4 Å². The van der Waals surface area contributed by atoms with Gasteiger partial charge in [0.1, 0.15) is 0 Å². The quantitative estimate of drug-likeness (QED) is 0.873. The van der Waals surface area contributed by atoms with E-state index in [0.717, 1.165) is 37.1 Å². The Morgan fingerprint density at radius 1 is 1.32 bits per heavy atom. The number of hydrogen-bond donors (Lipinski definition) is 1. The molecular formula is C16H19N3O3. The zero-order chi connectivity index (χ0) is 15.5. The van der Waals surface area contributed by atoms with Gasteiger partial charge in [0.25, 0.3) is 5.56 Å². The lowest BCUT2D eigenvalue weighted by molar-refractivity contribution is -0.148. The van der Waals surface area contributed by atoms with E-state index in [1.807, 2.05) is 25.1 Å². The number of carbonyl (C=O) groups is 1. The van der Waals surface area contributed by atoms with Crippen molar-refractivity contribution in [3.8, 4) is 0 Å². The van der Waals surface area contributed by atoms with Gasteiger partial charge in [-0.2, -0.15) is 5.10 Å². The molecule has 22 heavy (non-hydrogen) atoms. The summed E-state index contributed by atoms with van der Waals surface area (Å²) in [5.74, 6) is 0.629. The number of aromatic amines is 1. The molecule has 0 atom stereocenters. The van der Waals surface area contributed by atoms with Crippen molar-refractivity contribution in [1.82, 2.24) is 10.2 Å². The van der Waals surface area contributed by atoms with E-state index in [1.54, 1.807) is 6.07 Å². The van der Waals surface area contributed by atoms with Crippen LogP contribution in [-0.4, -0.2) is 35.9 Å². The molecular weight excluding hydrogens is 282 g/mol. The maximum absolute atomic E-state index is 11.8. The van der Waals surface area contributed by atoms with Crippen LogP contribution < -0.4 is 10.5 Å². The van der Waals surface area contributed by atoms with Crippen LogP contribution in [-0.2, 0) is 9.53 Å². The first kappa shape index (κ1) is 14.6. The summed E-state index contributed by atoms with van der Waals surface area (Å²) in [4.78, 5) is 25.7. The smallest absolute Gasteiger partial charge is 0.309 e. The minimum Gasteiger partial charge on any atom is -0.466 e. The molecule has 0 spiro atoms. The van der Waals surface area contributed by atoms with Crippen molar-refractivity contribution in [3.05, 3.63) is 34.6 Å². The summed E-state index contributed by atoms with van der Waals surface area (Å²) in [7, 11) is 0. The van der Waals surface area contributed by atoms with Crippen LogP contribution in [0.5, 0.6) is 0 Å². The maximum atomic E-state index is 11.8. The third-order valence-electron chi connectivity index (χ3n) is 4.09. The minimum absolute atomic E-state index is 0.0368. The fourth-order valence-corrected chi connectivity index (χ4v) is 2.93. The van der Waals surface area contributed by atoms with Gasteiger partial charge in [-0.1, -0.05) is 18.2 Å². The number of rotatable bonds is 3. The lowest BCUT2D eigenvalue weighted by Gasteiger charge is -2.32. The van der Waals surface area contributed by atoms with Gasteiger partial charge in [0.2, 0.25) is 0 Å². The van der Waals surface area contributed by atoms with Gasteiger partial charge in [0.05, 0.1) is 17.9 Å². The van der Waals surface area contributed by atoms with Crippen LogP contribution in [0.4, 0.5) is 5.82 Å².